The minimum Gasteiger partial charge on any atom is -0.342 e. The maximum atomic E-state index is 11.9. The van der Waals surface area contributed by atoms with Gasteiger partial charge in [0.05, 0.1) is 17.0 Å². The van der Waals surface area contributed by atoms with Crippen molar-refractivity contribution >= 4 is 33.2 Å². The molecular formula is C13H9BrN4O3S. The van der Waals surface area contributed by atoms with Gasteiger partial charge in [-0.2, -0.15) is 4.98 Å². The first kappa shape index (κ1) is 14.7. The van der Waals surface area contributed by atoms with Crippen molar-refractivity contribution in [1.82, 2.24) is 20.4 Å². The Bertz CT molecular complexity index is 870. The fraction of sp³-hybridized carbons (Fsp3) is 0.0769. The molecule has 0 aliphatic rings. The van der Waals surface area contributed by atoms with Gasteiger partial charge in [0.25, 0.3) is 11.5 Å². The van der Waals surface area contributed by atoms with Crippen molar-refractivity contribution in [1.29, 1.82) is 0 Å². The van der Waals surface area contributed by atoms with Crippen LogP contribution < -0.4 is 10.9 Å². The van der Waals surface area contributed by atoms with Crippen LogP contribution in [0.3, 0.4) is 0 Å². The minimum absolute atomic E-state index is 0.0894. The molecule has 112 valence electrons. The van der Waals surface area contributed by atoms with Crippen LogP contribution in [0.2, 0.25) is 0 Å². The second kappa shape index (κ2) is 6.24. The summed E-state index contributed by atoms with van der Waals surface area (Å²) < 4.78 is 5.88. The molecule has 0 spiro atoms. The van der Waals surface area contributed by atoms with Gasteiger partial charge in [-0.25, -0.2) is 0 Å². The monoisotopic (exact) mass is 380 g/mol. The van der Waals surface area contributed by atoms with Gasteiger partial charge in [0.1, 0.15) is 0 Å². The summed E-state index contributed by atoms with van der Waals surface area (Å²) in [6.07, 6.45) is 1.52. The highest BCUT2D eigenvalue weighted by Crippen LogP contribution is 2.19. The summed E-state index contributed by atoms with van der Waals surface area (Å²) in [5.74, 6) is 0.181. The number of rotatable bonds is 4. The number of pyridine rings is 1. The average molecular weight is 381 g/mol. The zero-order valence-electron chi connectivity index (χ0n) is 11.0. The van der Waals surface area contributed by atoms with Crippen LogP contribution in [0.4, 0.5) is 0 Å². The van der Waals surface area contributed by atoms with Crippen LogP contribution in [0.1, 0.15) is 15.6 Å². The maximum Gasteiger partial charge on any atom is 0.261 e. The number of amides is 1. The lowest BCUT2D eigenvalue weighted by molar-refractivity contribution is 0.0950. The number of nitrogens with zero attached hydrogens (tertiary/aromatic N) is 2. The van der Waals surface area contributed by atoms with E-state index in [9.17, 15) is 9.59 Å². The molecule has 0 aliphatic carbocycles. The van der Waals surface area contributed by atoms with Gasteiger partial charge in [0, 0.05) is 16.0 Å². The van der Waals surface area contributed by atoms with E-state index in [4.69, 9.17) is 4.52 Å². The number of thiophene rings is 1. The highest BCUT2D eigenvalue weighted by molar-refractivity contribution is 9.10. The van der Waals surface area contributed by atoms with Crippen LogP contribution in [0, 0.1) is 0 Å². The predicted octanol–water partition coefficient (Wildman–Crippen LogP) is 2.18. The third-order valence-electron chi connectivity index (χ3n) is 2.72. The highest BCUT2D eigenvalue weighted by atomic mass is 79.9. The van der Waals surface area contributed by atoms with Gasteiger partial charge in [-0.3, -0.25) is 9.59 Å². The Balaban J connectivity index is 1.69. The number of H-pyrrole nitrogens is 1. The third kappa shape index (κ3) is 3.15. The van der Waals surface area contributed by atoms with Crippen molar-refractivity contribution < 1.29 is 9.32 Å². The first-order chi connectivity index (χ1) is 10.6. The van der Waals surface area contributed by atoms with Gasteiger partial charge in [-0.1, -0.05) is 5.16 Å². The number of hydrogen-bond acceptors (Lipinski definition) is 6. The lowest BCUT2D eigenvalue weighted by Crippen LogP contribution is -2.21. The summed E-state index contributed by atoms with van der Waals surface area (Å²) in [6.45, 7) is 0.0894. The molecule has 3 aromatic rings. The number of halogens is 1. The van der Waals surface area contributed by atoms with Crippen molar-refractivity contribution in [3.05, 3.63) is 55.4 Å². The topological polar surface area (TPSA) is 101 Å². The Morgan fingerprint density at radius 3 is 3.09 bits per heavy atom. The van der Waals surface area contributed by atoms with E-state index in [1.807, 2.05) is 5.38 Å². The van der Waals surface area contributed by atoms with Crippen molar-refractivity contribution in [2.45, 2.75) is 6.54 Å². The molecule has 0 saturated heterocycles. The molecule has 0 aliphatic heterocycles. The molecule has 9 heteroatoms. The van der Waals surface area contributed by atoms with Gasteiger partial charge < -0.3 is 14.8 Å². The van der Waals surface area contributed by atoms with E-state index in [1.165, 1.54) is 17.5 Å². The first-order valence-electron chi connectivity index (χ1n) is 6.16. The van der Waals surface area contributed by atoms with E-state index in [0.29, 0.717) is 10.4 Å². The Morgan fingerprint density at radius 1 is 1.50 bits per heavy atom. The van der Waals surface area contributed by atoms with Crippen molar-refractivity contribution in [2.24, 2.45) is 0 Å². The van der Waals surface area contributed by atoms with E-state index in [2.05, 4.69) is 36.4 Å². The second-order valence-corrected chi connectivity index (χ2v) is 6.06. The lowest BCUT2D eigenvalue weighted by atomic mass is 10.3. The van der Waals surface area contributed by atoms with Crippen LogP contribution >= 0.6 is 27.3 Å². The molecule has 1 amide bonds. The molecule has 22 heavy (non-hydrogen) atoms. The molecule has 3 rings (SSSR count). The fourth-order valence-corrected chi connectivity index (χ4v) is 3.05. The maximum absolute atomic E-state index is 11.9. The van der Waals surface area contributed by atoms with E-state index in [0.717, 1.165) is 4.47 Å². The number of nitrogens with one attached hydrogen (secondary N) is 2. The smallest absolute Gasteiger partial charge is 0.261 e. The van der Waals surface area contributed by atoms with Crippen molar-refractivity contribution in [2.75, 3.05) is 0 Å². The minimum atomic E-state index is -0.303. The molecule has 0 fully saturated rings. The second-order valence-electron chi connectivity index (χ2n) is 4.24. The Kier molecular flexibility index (Phi) is 4.16. The highest BCUT2D eigenvalue weighted by Gasteiger charge is 2.13. The fourth-order valence-electron chi connectivity index (χ4n) is 1.71. The van der Waals surface area contributed by atoms with E-state index in [-0.39, 0.29) is 29.7 Å². The Morgan fingerprint density at radius 2 is 2.36 bits per heavy atom. The van der Waals surface area contributed by atoms with Gasteiger partial charge in [0.15, 0.2) is 0 Å². The van der Waals surface area contributed by atoms with Crippen LogP contribution in [-0.4, -0.2) is 21.0 Å². The largest absolute Gasteiger partial charge is 0.342 e. The molecule has 3 heterocycles. The molecule has 2 N–H and O–H groups in total. The molecule has 7 nitrogen and oxygen atoms in total. The summed E-state index contributed by atoms with van der Waals surface area (Å²) in [5, 5.41) is 8.24. The van der Waals surface area contributed by atoms with Crippen LogP contribution in [-0.2, 0) is 6.54 Å². The molecular weight excluding hydrogens is 372 g/mol. The number of carbonyl (C=O) groups excluding carboxylic acids is 1. The zero-order valence-corrected chi connectivity index (χ0v) is 13.4. The molecule has 3 aromatic heterocycles. The molecule has 0 saturated carbocycles. The summed E-state index contributed by atoms with van der Waals surface area (Å²) in [5.41, 5.74) is 0.00772. The summed E-state index contributed by atoms with van der Waals surface area (Å²) in [4.78, 5) is 30.7. The predicted molar refractivity (Wildman–Crippen MR) is 83.5 cm³/mol. The van der Waals surface area contributed by atoms with Crippen molar-refractivity contribution in [3.63, 3.8) is 0 Å². The summed E-state index contributed by atoms with van der Waals surface area (Å²) in [7, 11) is 0. The standard InChI is InChI=1S/C13H9BrN4O3S/c14-7-4-9(22-6-7)13(20)16-5-10-17-11(18-21-10)8-2-1-3-15-12(8)19/h1-4,6H,5H2,(H,15,19)(H,16,20). The van der Waals surface area contributed by atoms with E-state index < -0.39 is 0 Å². The summed E-state index contributed by atoms with van der Waals surface area (Å²) in [6, 6.07) is 4.99. The van der Waals surface area contributed by atoms with Crippen LogP contribution in [0.5, 0.6) is 0 Å². The molecule has 0 unspecified atom stereocenters. The van der Waals surface area contributed by atoms with E-state index in [1.54, 1.807) is 18.2 Å². The van der Waals surface area contributed by atoms with Gasteiger partial charge in [0.2, 0.25) is 11.7 Å². The Labute approximate surface area is 136 Å². The zero-order chi connectivity index (χ0) is 15.5. The number of carbonyl (C=O) groups is 1. The van der Waals surface area contributed by atoms with Crippen LogP contribution in [0.25, 0.3) is 11.4 Å². The molecule has 0 aromatic carbocycles. The first-order valence-corrected chi connectivity index (χ1v) is 7.83. The number of hydrogen-bond donors (Lipinski definition) is 2. The normalized spacial score (nSPS) is 10.6. The number of aromatic nitrogens is 3. The van der Waals surface area contributed by atoms with Gasteiger partial charge >= 0.3 is 0 Å². The van der Waals surface area contributed by atoms with E-state index >= 15 is 0 Å². The molecule has 0 atom stereocenters. The Hall–Kier alpha value is -2.26. The molecule has 0 radical (unpaired) electrons. The third-order valence-corrected chi connectivity index (χ3v) is 4.41. The SMILES string of the molecule is O=C(NCc1nc(-c2ccc[nH]c2=O)no1)c1cc(Br)cs1. The summed E-state index contributed by atoms with van der Waals surface area (Å²) >= 11 is 4.62. The molecule has 0 bridgehead atoms. The van der Waals surface area contributed by atoms with Crippen LogP contribution in [0.15, 0.2) is 43.6 Å². The number of aromatic amines is 1. The quantitative estimate of drug-likeness (QED) is 0.722. The van der Waals surface area contributed by atoms with Crippen molar-refractivity contribution in [3.8, 4) is 11.4 Å². The van der Waals surface area contributed by atoms with Gasteiger partial charge in [-0.15, -0.1) is 11.3 Å². The average Bonchev–Trinajstić information content (AvgIpc) is 3.14. The van der Waals surface area contributed by atoms with Gasteiger partial charge in [-0.05, 0) is 34.1 Å². The lowest BCUT2D eigenvalue weighted by Gasteiger charge is -1.98.